The molecule has 0 fully saturated rings. The zero-order chi connectivity index (χ0) is 32.2. The van der Waals surface area contributed by atoms with Gasteiger partial charge in [-0.05, 0) is 61.8 Å². The number of imidazole rings is 1. The van der Waals surface area contributed by atoms with Crippen LogP contribution in [0.3, 0.4) is 0 Å². The molecule has 1 atom stereocenters. The van der Waals surface area contributed by atoms with Gasteiger partial charge in [0.05, 0.1) is 21.6 Å². The number of hydrogen-bond acceptors (Lipinski definition) is 7. The van der Waals surface area contributed by atoms with Crippen molar-refractivity contribution in [3.63, 3.8) is 0 Å². The number of carboxylic acid groups (broad SMARTS) is 1. The minimum Gasteiger partial charge on any atom is -0.479 e. The highest BCUT2D eigenvalue weighted by Crippen LogP contribution is 2.30. The molecule has 3 aromatic carbocycles. The summed E-state index contributed by atoms with van der Waals surface area (Å²) in [5.74, 6) is -2.44. The van der Waals surface area contributed by atoms with E-state index in [-0.39, 0.29) is 39.7 Å². The maximum absolute atomic E-state index is 13.6. The summed E-state index contributed by atoms with van der Waals surface area (Å²) in [5, 5.41) is 17.7. The number of nitrogen functional groups attached to an aromatic ring is 1. The van der Waals surface area contributed by atoms with Gasteiger partial charge < -0.3 is 26.0 Å². The maximum Gasteiger partial charge on any atom is 0.339 e. The lowest BCUT2D eigenvalue weighted by atomic mass is 10.00. The van der Waals surface area contributed by atoms with E-state index in [1.54, 1.807) is 42.5 Å². The molecule has 0 aliphatic rings. The number of sulfonamides is 1. The van der Waals surface area contributed by atoms with Crippen molar-refractivity contribution >= 4 is 44.5 Å². The molecular weight excluding hydrogens is 582 g/mol. The number of aliphatic carboxylic acids is 1. The Morgan fingerprint density at radius 3 is 2.30 bits per heavy atom. The number of carbonyl (C=O) groups excluding carboxylic acids is 1. The quantitative estimate of drug-likeness (QED) is 0.0806. The highest BCUT2D eigenvalue weighted by Gasteiger charge is 2.44. The molecule has 0 saturated heterocycles. The summed E-state index contributed by atoms with van der Waals surface area (Å²) in [6.07, 6.45) is 0.670. The number of nitrogens with zero attached hydrogens (tertiary/aromatic N) is 3. The van der Waals surface area contributed by atoms with Gasteiger partial charge in [0.1, 0.15) is 11.7 Å². The molecule has 1 heterocycles. The van der Waals surface area contributed by atoms with Crippen molar-refractivity contribution in [2.75, 3.05) is 24.4 Å². The fourth-order valence-electron chi connectivity index (χ4n) is 5.11. The van der Waals surface area contributed by atoms with E-state index >= 15 is 0 Å². The summed E-state index contributed by atoms with van der Waals surface area (Å²) in [6, 6.07) is 18.1. The molecule has 44 heavy (non-hydrogen) atoms. The molecule has 1 unspecified atom stereocenters. The van der Waals surface area contributed by atoms with Crippen LogP contribution in [0, 0.1) is 5.41 Å². The second-order valence-corrected chi connectivity index (χ2v) is 12.2. The van der Waals surface area contributed by atoms with Gasteiger partial charge in [-0.3, -0.25) is 14.9 Å². The Hall–Kier alpha value is -4.75. The number of primary amides is 1. The van der Waals surface area contributed by atoms with Crippen LogP contribution in [0.2, 0.25) is 0 Å². The van der Waals surface area contributed by atoms with Crippen LogP contribution in [0.1, 0.15) is 43.3 Å². The average Bonchev–Trinajstić information content (AvgIpc) is 3.34. The third kappa shape index (κ3) is 6.43. The molecule has 13 heteroatoms. The van der Waals surface area contributed by atoms with Gasteiger partial charge in [0, 0.05) is 18.5 Å². The summed E-state index contributed by atoms with van der Waals surface area (Å²) in [4.78, 5) is 32.0. The number of amidine groups is 1. The lowest BCUT2D eigenvalue weighted by Gasteiger charge is -2.26. The smallest absolute Gasteiger partial charge is 0.339 e. The fourth-order valence-corrected chi connectivity index (χ4v) is 6.43. The predicted molar refractivity (Wildman–Crippen MR) is 169 cm³/mol. The highest BCUT2D eigenvalue weighted by molar-refractivity contribution is 7.92. The Morgan fingerprint density at radius 2 is 1.70 bits per heavy atom. The molecule has 1 amide bonds. The van der Waals surface area contributed by atoms with E-state index in [9.17, 15) is 23.1 Å². The van der Waals surface area contributed by atoms with E-state index in [1.165, 1.54) is 29.7 Å². The Morgan fingerprint density at radius 1 is 1.05 bits per heavy atom. The van der Waals surface area contributed by atoms with Gasteiger partial charge in [-0.15, -0.1) is 0 Å². The lowest BCUT2D eigenvalue weighted by Crippen LogP contribution is -2.50. The number of benzene rings is 3. The van der Waals surface area contributed by atoms with E-state index in [0.29, 0.717) is 29.7 Å². The van der Waals surface area contributed by atoms with Crippen LogP contribution in [0.25, 0.3) is 11.0 Å². The standard InChI is InChI=1S/C31H37N7O5S/c1-4-37(5-2)17-16-21-8-6-7-9-26(21)44(42,43)36-23-14-15-25-24(19-23)35-27(38(25)31(3,29(34)39)30(40)41)18-20-10-12-22(13-11-20)28(32)33/h6-15,19,36H,4-5,16-18H2,1-3H3,(H3,32,33)(H2,34,39)(H,40,41). The van der Waals surface area contributed by atoms with Gasteiger partial charge in [0.25, 0.3) is 15.9 Å². The highest BCUT2D eigenvalue weighted by atomic mass is 32.2. The third-order valence-corrected chi connectivity index (χ3v) is 9.28. The van der Waals surface area contributed by atoms with Crippen LogP contribution in [0.4, 0.5) is 5.69 Å². The van der Waals surface area contributed by atoms with Crippen LogP contribution in [0.5, 0.6) is 0 Å². The van der Waals surface area contributed by atoms with Crippen molar-refractivity contribution < 1.29 is 23.1 Å². The topological polar surface area (TPSA) is 197 Å². The Labute approximate surface area is 256 Å². The number of likely N-dealkylation sites (N-methyl/N-ethyl adjacent to an activating group) is 1. The van der Waals surface area contributed by atoms with Gasteiger partial charge in [-0.2, -0.15) is 0 Å². The number of hydrogen-bond donors (Lipinski definition) is 5. The molecule has 0 spiro atoms. The number of rotatable bonds is 14. The molecule has 0 saturated carbocycles. The lowest BCUT2D eigenvalue weighted by molar-refractivity contribution is -0.151. The Bertz CT molecular complexity index is 1800. The van der Waals surface area contributed by atoms with E-state index in [2.05, 4.69) is 28.5 Å². The van der Waals surface area contributed by atoms with Crippen molar-refractivity contribution in [1.29, 1.82) is 5.41 Å². The fraction of sp³-hybridized carbons (Fsp3) is 0.290. The first-order chi connectivity index (χ1) is 20.8. The largest absolute Gasteiger partial charge is 0.479 e. The number of aromatic nitrogens is 2. The first-order valence-corrected chi connectivity index (χ1v) is 15.6. The number of fused-ring (bicyclic) bond motifs is 1. The normalized spacial score (nSPS) is 13.1. The summed E-state index contributed by atoms with van der Waals surface area (Å²) < 4.78 is 31.0. The molecular formula is C31H37N7O5S. The first kappa shape index (κ1) is 32.2. The molecule has 7 N–H and O–H groups in total. The van der Waals surface area contributed by atoms with E-state index < -0.39 is 27.4 Å². The molecule has 0 radical (unpaired) electrons. The van der Waals surface area contributed by atoms with Gasteiger partial charge in [-0.1, -0.05) is 56.3 Å². The molecule has 0 aliphatic heterocycles. The Balaban J connectivity index is 1.75. The van der Waals surface area contributed by atoms with Crippen LogP contribution in [0.15, 0.2) is 71.6 Å². The van der Waals surface area contributed by atoms with Crippen molar-refractivity contribution in [2.45, 2.75) is 44.0 Å². The van der Waals surface area contributed by atoms with E-state index in [0.717, 1.165) is 13.1 Å². The third-order valence-electron chi connectivity index (χ3n) is 7.80. The second kappa shape index (κ2) is 12.9. The number of carbonyl (C=O) groups is 2. The zero-order valence-corrected chi connectivity index (χ0v) is 25.7. The van der Waals surface area contributed by atoms with Crippen LogP contribution in [-0.2, 0) is 38.0 Å². The summed E-state index contributed by atoms with van der Waals surface area (Å²) in [5.41, 5.74) is 11.7. The van der Waals surface area contributed by atoms with Gasteiger partial charge in [0.15, 0.2) is 0 Å². The molecule has 4 aromatic rings. The zero-order valence-electron chi connectivity index (χ0n) is 24.9. The molecule has 232 valence electrons. The van der Waals surface area contributed by atoms with Gasteiger partial charge in [-0.25, -0.2) is 18.2 Å². The molecule has 12 nitrogen and oxygen atoms in total. The van der Waals surface area contributed by atoms with Crippen molar-refractivity contribution in [1.82, 2.24) is 14.5 Å². The SMILES string of the molecule is CCN(CC)CCc1ccccc1S(=O)(=O)Nc1ccc2c(c1)nc(Cc1ccc(C(=N)N)cc1)n2C(C)(C(N)=O)C(=O)O. The van der Waals surface area contributed by atoms with Crippen LogP contribution >= 0.6 is 0 Å². The van der Waals surface area contributed by atoms with Crippen molar-refractivity contribution in [3.8, 4) is 0 Å². The van der Waals surface area contributed by atoms with E-state index in [1.807, 2.05) is 6.07 Å². The van der Waals surface area contributed by atoms with Crippen molar-refractivity contribution in [3.05, 3.63) is 89.2 Å². The summed E-state index contributed by atoms with van der Waals surface area (Å²) in [6.45, 7) is 7.75. The molecule has 1 aromatic heterocycles. The minimum absolute atomic E-state index is 0.0996. The number of anilines is 1. The van der Waals surface area contributed by atoms with E-state index in [4.69, 9.17) is 16.9 Å². The number of carboxylic acids is 1. The number of nitrogens with two attached hydrogens (primary N) is 2. The first-order valence-electron chi connectivity index (χ1n) is 14.1. The number of nitrogens with one attached hydrogen (secondary N) is 2. The molecule has 0 bridgehead atoms. The monoisotopic (exact) mass is 619 g/mol. The maximum atomic E-state index is 13.6. The summed E-state index contributed by atoms with van der Waals surface area (Å²) in [7, 11) is -3.99. The number of amides is 1. The summed E-state index contributed by atoms with van der Waals surface area (Å²) >= 11 is 0. The van der Waals surface area contributed by atoms with Gasteiger partial charge in [0.2, 0.25) is 5.54 Å². The molecule has 4 rings (SSSR count). The van der Waals surface area contributed by atoms with Crippen LogP contribution in [-0.4, -0.2) is 65.3 Å². The molecule has 0 aliphatic carbocycles. The second-order valence-electron chi connectivity index (χ2n) is 10.6. The van der Waals surface area contributed by atoms with Crippen LogP contribution < -0.4 is 16.2 Å². The predicted octanol–water partition coefficient (Wildman–Crippen LogP) is 2.88. The Kier molecular flexibility index (Phi) is 9.40. The average molecular weight is 620 g/mol. The minimum atomic E-state index is -3.99. The van der Waals surface area contributed by atoms with Crippen molar-refractivity contribution in [2.24, 2.45) is 11.5 Å². The van der Waals surface area contributed by atoms with Gasteiger partial charge >= 0.3 is 5.97 Å².